The summed E-state index contributed by atoms with van der Waals surface area (Å²) < 4.78 is 0. The summed E-state index contributed by atoms with van der Waals surface area (Å²) in [5, 5.41) is 0. The molecule has 0 saturated carbocycles. The van der Waals surface area contributed by atoms with E-state index in [1.54, 1.807) is 0 Å². The van der Waals surface area contributed by atoms with Gasteiger partial charge in [-0.25, -0.2) is 0 Å². The van der Waals surface area contributed by atoms with Gasteiger partial charge in [0.05, 0.1) is 0 Å². The van der Waals surface area contributed by atoms with E-state index in [1.165, 1.54) is 57.0 Å². The summed E-state index contributed by atoms with van der Waals surface area (Å²) >= 11 is 0. The largest absolute Gasteiger partial charge is 0.0628 e. The fourth-order valence-corrected chi connectivity index (χ4v) is 5.45. The monoisotopic (exact) mass is 314 g/mol. The van der Waals surface area contributed by atoms with Gasteiger partial charge in [0.25, 0.3) is 0 Å². The van der Waals surface area contributed by atoms with Crippen LogP contribution in [0.2, 0.25) is 0 Å². The predicted molar refractivity (Wildman–Crippen MR) is 71.9 cm³/mol. The number of hydrogen-bond donors (Lipinski definition) is 0. The van der Waals surface area contributed by atoms with Gasteiger partial charge in [0.1, 0.15) is 0 Å². The van der Waals surface area contributed by atoms with Crippen molar-refractivity contribution in [3.05, 3.63) is 34.4 Å². The van der Waals surface area contributed by atoms with Crippen molar-refractivity contribution in [3.63, 3.8) is 0 Å². The van der Waals surface area contributed by atoms with E-state index in [0.717, 1.165) is 0 Å². The average Bonchev–Trinajstić information content (AvgIpc) is 2.67. The van der Waals surface area contributed by atoms with Gasteiger partial charge >= 0.3 is 0 Å². The third kappa shape index (κ3) is 6.66. The quantitative estimate of drug-likeness (QED) is 0.367. The maximum Gasteiger partial charge on any atom is 0.0197 e. The molecule has 0 atom stereocenters. The standard InChI is InChI=1S/2C5H7P2.Fe/c2*1-4-5(2)7-3-6-4;/h2*3H,1-2H3;. The van der Waals surface area contributed by atoms with E-state index in [1.807, 2.05) is 0 Å². The Bertz CT molecular complexity index is 134. The van der Waals surface area contributed by atoms with Crippen molar-refractivity contribution in [1.82, 2.24) is 0 Å². The van der Waals surface area contributed by atoms with Crippen LogP contribution in [0.15, 0.2) is 0 Å². The summed E-state index contributed by atoms with van der Waals surface area (Å²) in [5.41, 5.74) is 6.12. The van der Waals surface area contributed by atoms with Crippen LogP contribution in [0.3, 0.4) is 0 Å². The van der Waals surface area contributed by atoms with Crippen molar-refractivity contribution in [3.8, 4) is 0 Å². The molecule has 0 nitrogen and oxygen atoms in total. The molecule has 2 saturated heterocycles. The smallest absolute Gasteiger partial charge is 0.0197 e. The zero-order valence-electron chi connectivity index (χ0n) is 9.30. The molecule has 2 heterocycles. The van der Waals surface area contributed by atoms with Gasteiger partial charge in [0.15, 0.2) is 0 Å². The molecule has 2 aliphatic rings. The molecule has 0 aromatic rings. The maximum absolute atomic E-state index is 2.27. The molecule has 0 N–H and O–H groups in total. The van der Waals surface area contributed by atoms with Gasteiger partial charge in [-0.2, -0.15) is 0 Å². The molecule has 0 aromatic heterocycles. The van der Waals surface area contributed by atoms with Gasteiger partial charge < -0.3 is 0 Å². The van der Waals surface area contributed by atoms with E-state index < -0.39 is 0 Å². The first kappa shape index (κ1) is 17.2. The van der Waals surface area contributed by atoms with Crippen LogP contribution >= 0.6 is 34.3 Å². The van der Waals surface area contributed by atoms with Crippen LogP contribution in [0, 0.1) is 34.4 Å². The number of rotatable bonds is 0. The summed E-state index contributed by atoms with van der Waals surface area (Å²) in [6, 6.07) is 0. The Morgan fingerprint density at radius 3 is 0.867 bits per heavy atom. The van der Waals surface area contributed by atoms with Crippen LogP contribution in [0.4, 0.5) is 0 Å². The predicted octanol–water partition coefficient (Wildman–Crippen LogP) is 6.23. The van der Waals surface area contributed by atoms with Crippen molar-refractivity contribution in [2.45, 2.75) is 27.7 Å². The van der Waals surface area contributed by atoms with Gasteiger partial charge in [-0.1, -0.05) is 62.0 Å². The SMILES string of the molecule is C[C]1[P][CH][P][C]1C.C[C]1[P][CH][P][C]1C.[Fe]. The normalized spacial score (nSPS) is 31.2. The van der Waals surface area contributed by atoms with Gasteiger partial charge in [-0.05, 0) is 0 Å². The van der Waals surface area contributed by atoms with Crippen LogP contribution in [0.1, 0.15) is 27.7 Å². The molecule has 0 unspecified atom stereocenters. The van der Waals surface area contributed by atoms with Crippen molar-refractivity contribution >= 4 is 34.3 Å². The van der Waals surface area contributed by atoms with Crippen LogP contribution in [-0.4, -0.2) is 0 Å². The molecular weight excluding hydrogens is 300 g/mol. The fourth-order valence-electron chi connectivity index (χ4n) is 0.778. The third-order valence-electron chi connectivity index (χ3n) is 2.05. The van der Waals surface area contributed by atoms with Crippen molar-refractivity contribution in [2.24, 2.45) is 0 Å². The van der Waals surface area contributed by atoms with Crippen molar-refractivity contribution in [1.29, 1.82) is 0 Å². The van der Waals surface area contributed by atoms with Crippen LogP contribution < -0.4 is 0 Å². The van der Waals surface area contributed by atoms with Crippen molar-refractivity contribution < 1.29 is 17.1 Å². The minimum Gasteiger partial charge on any atom is -0.0628 e. The Balaban J connectivity index is 0.000000245. The van der Waals surface area contributed by atoms with Crippen LogP contribution in [-0.2, 0) is 17.1 Å². The van der Waals surface area contributed by atoms with Crippen LogP contribution in [0.5, 0.6) is 0 Å². The molecule has 5 heteroatoms. The van der Waals surface area contributed by atoms with Gasteiger partial charge in [-0.3, -0.25) is 0 Å². The second-order valence-electron chi connectivity index (χ2n) is 3.09. The van der Waals surface area contributed by atoms with Gasteiger partial charge in [0.2, 0.25) is 0 Å². The van der Waals surface area contributed by atoms with Gasteiger partial charge in [0, 0.05) is 51.5 Å². The van der Waals surface area contributed by atoms with E-state index in [2.05, 4.69) is 39.5 Å². The fraction of sp³-hybridized carbons (Fsp3) is 0.400. The molecule has 0 aromatic carbocycles. The summed E-state index contributed by atoms with van der Waals surface area (Å²) in [7, 11) is 5.71. The molecular formula is C10H14FeP4. The molecule has 0 amide bonds. The molecule has 2 rings (SSSR count). The van der Waals surface area contributed by atoms with E-state index in [-0.39, 0.29) is 17.1 Å². The molecule has 10 radical (unpaired) electrons. The summed E-state index contributed by atoms with van der Waals surface area (Å²) in [6.45, 7) is 8.75. The minimum absolute atomic E-state index is 0. The van der Waals surface area contributed by atoms with E-state index >= 15 is 0 Å². The topological polar surface area (TPSA) is 0 Å². The van der Waals surface area contributed by atoms with E-state index in [4.69, 9.17) is 0 Å². The average molecular weight is 314 g/mol. The third-order valence-corrected chi connectivity index (χ3v) is 7.14. The molecule has 0 bridgehead atoms. The van der Waals surface area contributed by atoms with E-state index in [9.17, 15) is 0 Å². The van der Waals surface area contributed by atoms with Crippen molar-refractivity contribution in [2.75, 3.05) is 0 Å². The van der Waals surface area contributed by atoms with E-state index in [0.29, 0.717) is 0 Å². The second kappa shape index (κ2) is 9.21. The zero-order valence-corrected chi connectivity index (χ0v) is 14.0. The van der Waals surface area contributed by atoms with Crippen LogP contribution in [0.25, 0.3) is 0 Å². The molecule has 15 heavy (non-hydrogen) atoms. The summed E-state index contributed by atoms with van der Waals surface area (Å²) in [5.74, 6) is 4.54. The summed E-state index contributed by atoms with van der Waals surface area (Å²) in [4.78, 5) is 0. The zero-order chi connectivity index (χ0) is 10.6. The Morgan fingerprint density at radius 2 is 0.800 bits per heavy atom. The second-order valence-corrected chi connectivity index (χ2v) is 8.65. The first-order valence-corrected chi connectivity index (χ1v) is 8.28. The molecule has 2 aliphatic heterocycles. The Labute approximate surface area is 113 Å². The number of hydrogen-bond acceptors (Lipinski definition) is 0. The maximum atomic E-state index is 2.27. The first-order chi connectivity index (χ1) is 6.61. The first-order valence-electron chi connectivity index (χ1n) is 4.43. The molecule has 2 fully saturated rings. The Kier molecular flexibility index (Phi) is 10.6. The summed E-state index contributed by atoms with van der Waals surface area (Å²) in [6.07, 6.45) is 0. The molecule has 0 spiro atoms. The van der Waals surface area contributed by atoms with Gasteiger partial charge in [-0.15, -0.1) is 0 Å². The molecule has 0 aliphatic carbocycles. The molecule has 82 valence electrons. The minimum atomic E-state index is 0. The Hall–Kier alpha value is 2.24. The Morgan fingerprint density at radius 1 is 0.600 bits per heavy atom.